The van der Waals surface area contributed by atoms with Crippen LogP contribution in [0.4, 0.5) is 4.79 Å². The fourth-order valence-corrected chi connectivity index (χ4v) is 1.14. The van der Waals surface area contributed by atoms with Crippen LogP contribution in [-0.2, 0) is 23.7 Å². The van der Waals surface area contributed by atoms with Crippen molar-refractivity contribution < 1.29 is 28.5 Å². The lowest BCUT2D eigenvalue weighted by molar-refractivity contribution is -0.000598. The minimum absolute atomic E-state index is 0.415. The molecular formula is C12H26N2O6. The summed E-state index contributed by atoms with van der Waals surface area (Å²) in [6.45, 7) is 5.02. The van der Waals surface area contributed by atoms with E-state index in [9.17, 15) is 4.79 Å². The van der Waals surface area contributed by atoms with Gasteiger partial charge in [0.1, 0.15) is 0 Å². The smallest absolute Gasteiger partial charge is 0.406 e. The first-order valence-electron chi connectivity index (χ1n) is 6.64. The number of methoxy groups -OCH3 is 1. The monoisotopic (exact) mass is 294 g/mol. The zero-order chi connectivity index (χ0) is 14.9. The van der Waals surface area contributed by atoms with Crippen molar-refractivity contribution >= 4 is 6.09 Å². The number of carbonyl (C=O) groups is 1. The summed E-state index contributed by atoms with van der Waals surface area (Å²) in [5.74, 6) is 0. The van der Waals surface area contributed by atoms with E-state index in [0.717, 1.165) is 0 Å². The third kappa shape index (κ3) is 15.1. The van der Waals surface area contributed by atoms with Gasteiger partial charge in [0, 0.05) is 13.1 Å². The van der Waals surface area contributed by atoms with E-state index in [-0.39, 0.29) is 0 Å². The molecule has 0 saturated carbocycles. The summed E-state index contributed by atoms with van der Waals surface area (Å²) in [7, 11) is 1.32. The standard InChI is InChI=1S/C12H26N2O6/c1-16-12(15)14-3-5-18-7-9-20-11-10-19-8-6-17-4-2-13/h2-11,13H2,1H3,(H,14,15). The van der Waals surface area contributed by atoms with Crippen LogP contribution >= 0.6 is 0 Å². The van der Waals surface area contributed by atoms with Crippen molar-refractivity contribution in [3.8, 4) is 0 Å². The fourth-order valence-electron chi connectivity index (χ4n) is 1.14. The number of ether oxygens (including phenoxy) is 5. The first kappa shape index (κ1) is 19.1. The Morgan fingerprint density at radius 3 is 1.75 bits per heavy atom. The maximum absolute atomic E-state index is 10.7. The highest BCUT2D eigenvalue weighted by atomic mass is 16.6. The van der Waals surface area contributed by atoms with E-state index < -0.39 is 6.09 Å². The number of amides is 1. The van der Waals surface area contributed by atoms with Gasteiger partial charge in [-0.05, 0) is 0 Å². The Morgan fingerprint density at radius 2 is 1.30 bits per heavy atom. The molecule has 0 aromatic carbocycles. The van der Waals surface area contributed by atoms with Gasteiger partial charge in [0.05, 0.1) is 60.0 Å². The fraction of sp³-hybridized carbons (Fsp3) is 0.917. The molecule has 0 saturated heterocycles. The number of hydrogen-bond donors (Lipinski definition) is 2. The van der Waals surface area contributed by atoms with Gasteiger partial charge in [0.15, 0.2) is 0 Å². The molecule has 0 spiro atoms. The molecule has 0 fully saturated rings. The van der Waals surface area contributed by atoms with Crippen molar-refractivity contribution in [3.63, 3.8) is 0 Å². The molecule has 1 amide bonds. The SMILES string of the molecule is COC(=O)NCCOCCOCCOCCOCCN. The quantitative estimate of drug-likeness (QED) is 0.411. The molecule has 0 bridgehead atoms. The lowest BCUT2D eigenvalue weighted by Crippen LogP contribution is -2.27. The second kappa shape index (κ2) is 16.1. The molecule has 0 aliphatic rings. The van der Waals surface area contributed by atoms with Gasteiger partial charge in [-0.1, -0.05) is 0 Å². The summed E-state index contributed by atoms with van der Waals surface area (Å²) >= 11 is 0. The molecule has 0 unspecified atom stereocenters. The molecule has 0 rings (SSSR count). The first-order chi connectivity index (χ1) is 9.81. The molecule has 0 aliphatic heterocycles. The summed E-state index contributed by atoms with van der Waals surface area (Å²) in [5, 5.41) is 2.51. The second-order valence-electron chi connectivity index (χ2n) is 3.66. The lowest BCUT2D eigenvalue weighted by atomic mass is 10.6. The van der Waals surface area contributed by atoms with E-state index in [1.807, 2.05) is 0 Å². The zero-order valence-corrected chi connectivity index (χ0v) is 12.1. The lowest BCUT2D eigenvalue weighted by Gasteiger charge is -2.07. The van der Waals surface area contributed by atoms with Crippen LogP contribution < -0.4 is 11.1 Å². The van der Waals surface area contributed by atoms with Gasteiger partial charge in [-0.3, -0.25) is 0 Å². The minimum atomic E-state index is -0.461. The number of hydrogen-bond acceptors (Lipinski definition) is 7. The third-order valence-corrected chi connectivity index (χ3v) is 2.08. The summed E-state index contributed by atoms with van der Waals surface area (Å²) in [5.41, 5.74) is 5.27. The molecule has 20 heavy (non-hydrogen) atoms. The van der Waals surface area contributed by atoms with Gasteiger partial charge in [-0.2, -0.15) is 0 Å². The normalized spacial score (nSPS) is 10.5. The number of nitrogens with one attached hydrogen (secondary N) is 1. The average Bonchev–Trinajstić information content (AvgIpc) is 2.47. The Morgan fingerprint density at radius 1 is 0.850 bits per heavy atom. The highest BCUT2D eigenvalue weighted by Crippen LogP contribution is 1.82. The summed E-state index contributed by atoms with van der Waals surface area (Å²) in [4.78, 5) is 10.7. The van der Waals surface area contributed by atoms with E-state index in [1.165, 1.54) is 7.11 Å². The van der Waals surface area contributed by atoms with Crippen molar-refractivity contribution in [2.24, 2.45) is 5.73 Å². The summed E-state index contributed by atoms with van der Waals surface area (Å²) in [6, 6.07) is 0. The van der Waals surface area contributed by atoms with Crippen LogP contribution in [0.1, 0.15) is 0 Å². The van der Waals surface area contributed by atoms with Gasteiger partial charge < -0.3 is 34.7 Å². The summed E-state index contributed by atoms with van der Waals surface area (Å²) in [6.07, 6.45) is -0.461. The Bertz CT molecular complexity index is 218. The minimum Gasteiger partial charge on any atom is -0.453 e. The van der Waals surface area contributed by atoms with Crippen LogP contribution in [0, 0.1) is 0 Å². The van der Waals surface area contributed by atoms with Gasteiger partial charge in [0.25, 0.3) is 0 Å². The third-order valence-electron chi connectivity index (χ3n) is 2.08. The Kier molecular flexibility index (Phi) is 15.4. The van der Waals surface area contributed by atoms with Crippen molar-refractivity contribution in [1.29, 1.82) is 0 Å². The average molecular weight is 294 g/mol. The molecule has 0 radical (unpaired) electrons. The van der Waals surface area contributed by atoms with Crippen molar-refractivity contribution in [2.75, 3.05) is 73.1 Å². The molecule has 0 aromatic heterocycles. The molecule has 8 heteroatoms. The zero-order valence-electron chi connectivity index (χ0n) is 12.1. The van der Waals surface area contributed by atoms with Gasteiger partial charge in [-0.15, -0.1) is 0 Å². The van der Waals surface area contributed by atoms with Gasteiger partial charge in [-0.25, -0.2) is 4.79 Å². The molecule has 120 valence electrons. The van der Waals surface area contributed by atoms with Crippen LogP contribution in [0.3, 0.4) is 0 Å². The van der Waals surface area contributed by atoms with E-state index in [2.05, 4.69) is 10.1 Å². The molecule has 0 aliphatic carbocycles. The second-order valence-corrected chi connectivity index (χ2v) is 3.66. The predicted octanol–water partition coefficient (Wildman–Crippen LogP) is -0.632. The van der Waals surface area contributed by atoms with Crippen LogP contribution in [-0.4, -0.2) is 79.1 Å². The topological polar surface area (TPSA) is 101 Å². The Balaban J connectivity index is 2.97. The number of carbonyl (C=O) groups excluding carboxylic acids is 1. The largest absolute Gasteiger partial charge is 0.453 e. The van der Waals surface area contributed by atoms with Crippen molar-refractivity contribution in [1.82, 2.24) is 5.32 Å². The molecule has 8 nitrogen and oxygen atoms in total. The molecule has 0 heterocycles. The number of alkyl carbamates (subject to hydrolysis) is 1. The number of nitrogens with two attached hydrogens (primary N) is 1. The maximum Gasteiger partial charge on any atom is 0.406 e. The van der Waals surface area contributed by atoms with Crippen LogP contribution in [0.25, 0.3) is 0 Å². The molecule has 0 aromatic rings. The van der Waals surface area contributed by atoms with E-state index in [0.29, 0.717) is 65.9 Å². The Labute approximate surface area is 119 Å². The molecule has 0 atom stereocenters. The van der Waals surface area contributed by atoms with Crippen LogP contribution in [0.2, 0.25) is 0 Å². The molecular weight excluding hydrogens is 268 g/mol. The van der Waals surface area contributed by atoms with Crippen molar-refractivity contribution in [3.05, 3.63) is 0 Å². The summed E-state index contributed by atoms with van der Waals surface area (Å²) < 4.78 is 25.3. The van der Waals surface area contributed by atoms with Gasteiger partial charge >= 0.3 is 6.09 Å². The van der Waals surface area contributed by atoms with Crippen molar-refractivity contribution in [2.45, 2.75) is 0 Å². The number of rotatable bonds is 14. The van der Waals surface area contributed by atoms with Crippen LogP contribution in [0.5, 0.6) is 0 Å². The van der Waals surface area contributed by atoms with E-state index in [1.54, 1.807) is 0 Å². The van der Waals surface area contributed by atoms with Crippen LogP contribution in [0.15, 0.2) is 0 Å². The Hall–Kier alpha value is -0.930. The highest BCUT2D eigenvalue weighted by Gasteiger charge is 1.96. The van der Waals surface area contributed by atoms with E-state index in [4.69, 9.17) is 24.7 Å². The molecule has 3 N–H and O–H groups in total. The van der Waals surface area contributed by atoms with E-state index >= 15 is 0 Å². The highest BCUT2D eigenvalue weighted by molar-refractivity contribution is 5.66. The first-order valence-corrected chi connectivity index (χ1v) is 6.64. The predicted molar refractivity (Wildman–Crippen MR) is 72.7 cm³/mol. The maximum atomic E-state index is 10.7. The van der Waals surface area contributed by atoms with Gasteiger partial charge in [0.2, 0.25) is 0 Å².